The predicted molar refractivity (Wildman–Crippen MR) is 110 cm³/mol. The Labute approximate surface area is 170 Å². The van der Waals surface area contributed by atoms with Gasteiger partial charge in [-0.1, -0.05) is 47.6 Å². The normalized spacial score (nSPS) is 11.6. The maximum absolute atomic E-state index is 13.7. The summed E-state index contributed by atoms with van der Waals surface area (Å²) in [5.74, 6) is 0.763. The van der Waals surface area contributed by atoms with Crippen LogP contribution in [0.2, 0.25) is 0 Å². The van der Waals surface area contributed by atoms with Crippen molar-refractivity contribution in [3.05, 3.63) is 65.4 Å². The maximum atomic E-state index is 13.7. The molecule has 8 heteroatoms. The number of benzene rings is 2. The van der Waals surface area contributed by atoms with E-state index in [9.17, 15) is 8.42 Å². The summed E-state index contributed by atoms with van der Waals surface area (Å²) in [5, 5.41) is 3.95. The Morgan fingerprint density at radius 3 is 2.24 bits per heavy atom. The van der Waals surface area contributed by atoms with Gasteiger partial charge in [-0.3, -0.25) is 0 Å². The fourth-order valence-corrected chi connectivity index (χ4v) is 4.68. The fraction of sp³-hybridized carbons (Fsp3) is 0.286. The smallest absolute Gasteiger partial charge is 0.268 e. The molecule has 0 fully saturated rings. The van der Waals surface area contributed by atoms with E-state index in [0.717, 1.165) is 15.4 Å². The second-order valence-corrected chi connectivity index (χ2v) is 8.38. The van der Waals surface area contributed by atoms with Crippen molar-refractivity contribution in [3.8, 4) is 11.1 Å². The first-order valence-electron chi connectivity index (χ1n) is 9.02. The molecule has 0 saturated heterocycles. The first-order chi connectivity index (χ1) is 13.9. The van der Waals surface area contributed by atoms with Crippen LogP contribution in [0.15, 0.2) is 57.9 Å². The van der Waals surface area contributed by atoms with Crippen LogP contribution in [0.4, 0.5) is 5.82 Å². The number of hydrogen-bond acceptors (Lipinski definition) is 6. The lowest BCUT2D eigenvalue weighted by Crippen LogP contribution is -2.34. The summed E-state index contributed by atoms with van der Waals surface area (Å²) < 4.78 is 44.1. The van der Waals surface area contributed by atoms with Crippen molar-refractivity contribution in [1.29, 1.82) is 0 Å². The largest absolute Gasteiger partial charge is 0.380 e. The molecule has 2 aromatic carbocycles. The van der Waals surface area contributed by atoms with E-state index in [1.165, 1.54) is 7.11 Å². The number of aromatic nitrogens is 1. The van der Waals surface area contributed by atoms with E-state index in [1.807, 2.05) is 30.3 Å². The second kappa shape index (κ2) is 8.77. The van der Waals surface area contributed by atoms with Crippen molar-refractivity contribution in [2.45, 2.75) is 25.3 Å². The van der Waals surface area contributed by atoms with Crippen LogP contribution < -0.4 is 4.31 Å². The van der Waals surface area contributed by atoms with Gasteiger partial charge < -0.3 is 14.0 Å². The van der Waals surface area contributed by atoms with Crippen molar-refractivity contribution in [2.75, 3.05) is 25.3 Å². The van der Waals surface area contributed by atoms with Gasteiger partial charge >= 0.3 is 0 Å². The highest BCUT2D eigenvalue weighted by atomic mass is 32.2. The number of methoxy groups -OCH3 is 2. The second-order valence-electron chi connectivity index (χ2n) is 6.55. The molecular formula is C21H24N2O5S. The van der Waals surface area contributed by atoms with Gasteiger partial charge in [0, 0.05) is 25.3 Å². The summed E-state index contributed by atoms with van der Waals surface area (Å²) in [7, 11) is -0.949. The highest BCUT2D eigenvalue weighted by Gasteiger charge is 2.31. The fourth-order valence-electron chi connectivity index (χ4n) is 3.10. The van der Waals surface area contributed by atoms with Crippen LogP contribution in [0.1, 0.15) is 16.9 Å². The van der Waals surface area contributed by atoms with Gasteiger partial charge in [-0.15, -0.1) is 0 Å². The summed E-state index contributed by atoms with van der Waals surface area (Å²) in [4.78, 5) is 0.153. The summed E-state index contributed by atoms with van der Waals surface area (Å²) in [6.45, 7) is 3.68. The molecule has 0 amide bonds. The summed E-state index contributed by atoms with van der Waals surface area (Å²) in [5.41, 5.74) is 2.91. The van der Waals surface area contributed by atoms with Crippen LogP contribution in [-0.2, 0) is 26.1 Å². The molecule has 0 aliphatic heterocycles. The monoisotopic (exact) mass is 416 g/mol. The average molecular weight is 416 g/mol. The topological polar surface area (TPSA) is 81.9 Å². The molecule has 29 heavy (non-hydrogen) atoms. The molecule has 0 saturated carbocycles. The summed E-state index contributed by atoms with van der Waals surface area (Å²) >= 11 is 0. The van der Waals surface area contributed by atoms with Gasteiger partial charge in [-0.2, -0.15) is 0 Å². The lowest BCUT2D eigenvalue weighted by atomic mass is 10.0. The van der Waals surface area contributed by atoms with Crippen LogP contribution in [0.3, 0.4) is 0 Å². The number of ether oxygens (including phenoxy) is 2. The Kier molecular flexibility index (Phi) is 6.36. The van der Waals surface area contributed by atoms with Gasteiger partial charge in [0.2, 0.25) is 0 Å². The van der Waals surface area contributed by atoms with Gasteiger partial charge in [0.15, 0.2) is 5.82 Å². The Balaban J connectivity index is 2.19. The van der Waals surface area contributed by atoms with Gasteiger partial charge in [-0.25, -0.2) is 12.7 Å². The molecule has 7 nitrogen and oxygen atoms in total. The van der Waals surface area contributed by atoms with Crippen LogP contribution in [0.25, 0.3) is 11.1 Å². The minimum absolute atomic E-state index is 0.153. The molecule has 0 bridgehead atoms. The number of hydrogen-bond donors (Lipinski definition) is 0. The Hall–Kier alpha value is -2.68. The minimum Gasteiger partial charge on any atom is -0.380 e. The molecule has 1 heterocycles. The third-order valence-corrected chi connectivity index (χ3v) is 6.45. The number of anilines is 1. The van der Waals surface area contributed by atoms with Gasteiger partial charge in [0.25, 0.3) is 10.0 Å². The Morgan fingerprint density at radius 1 is 0.966 bits per heavy atom. The van der Waals surface area contributed by atoms with Gasteiger partial charge in [0.05, 0.1) is 11.5 Å². The quantitative estimate of drug-likeness (QED) is 0.518. The lowest BCUT2D eigenvalue weighted by molar-refractivity contribution is 0.185. The number of aryl methyl sites for hydroxylation is 1. The van der Waals surface area contributed by atoms with Crippen molar-refractivity contribution >= 4 is 15.8 Å². The van der Waals surface area contributed by atoms with E-state index in [1.54, 1.807) is 39.2 Å². The third-order valence-electron chi connectivity index (χ3n) is 4.68. The van der Waals surface area contributed by atoms with Crippen molar-refractivity contribution in [1.82, 2.24) is 5.16 Å². The van der Waals surface area contributed by atoms with E-state index in [-0.39, 0.29) is 17.4 Å². The van der Waals surface area contributed by atoms with Crippen LogP contribution in [0, 0.1) is 13.8 Å². The molecule has 0 unspecified atom stereocenters. The number of rotatable bonds is 8. The molecule has 1 aromatic heterocycles. The third kappa shape index (κ3) is 4.05. The van der Waals surface area contributed by atoms with Gasteiger partial charge in [-0.05, 0) is 31.0 Å². The maximum Gasteiger partial charge on any atom is 0.268 e. The Morgan fingerprint density at radius 2 is 1.62 bits per heavy atom. The van der Waals surface area contributed by atoms with Crippen LogP contribution in [-0.4, -0.2) is 34.5 Å². The van der Waals surface area contributed by atoms with Gasteiger partial charge in [0.1, 0.15) is 12.5 Å². The number of sulfonamides is 1. The van der Waals surface area contributed by atoms with Crippen LogP contribution in [0.5, 0.6) is 0 Å². The molecule has 0 aliphatic rings. The minimum atomic E-state index is -3.99. The van der Waals surface area contributed by atoms with E-state index >= 15 is 0 Å². The van der Waals surface area contributed by atoms with E-state index in [2.05, 4.69) is 5.16 Å². The lowest BCUT2D eigenvalue weighted by Gasteiger charge is -2.23. The molecule has 0 aliphatic carbocycles. The average Bonchev–Trinajstić information content (AvgIpc) is 3.05. The molecule has 3 rings (SSSR count). The highest BCUT2D eigenvalue weighted by molar-refractivity contribution is 7.93. The van der Waals surface area contributed by atoms with Crippen molar-refractivity contribution < 1.29 is 22.4 Å². The molecule has 0 atom stereocenters. The zero-order chi connectivity index (χ0) is 21.0. The summed E-state index contributed by atoms with van der Waals surface area (Å²) in [6.07, 6.45) is 0. The standard InChI is InChI=1S/C21H24N2O5S/c1-15-16(2)28-22-21(15)23(14-27-4)29(24,25)20-12-8-7-11-19(20)18-10-6-5-9-17(18)13-26-3/h5-12H,13-14H2,1-4H3. The molecule has 154 valence electrons. The van der Waals surface area contributed by atoms with Crippen molar-refractivity contribution in [2.24, 2.45) is 0 Å². The molecule has 0 radical (unpaired) electrons. The zero-order valence-corrected chi connectivity index (χ0v) is 17.7. The molecule has 0 spiro atoms. The van der Waals surface area contributed by atoms with Crippen LogP contribution >= 0.6 is 0 Å². The first kappa shape index (κ1) is 21.0. The number of nitrogens with zero attached hydrogens (tertiary/aromatic N) is 2. The SMILES string of the molecule is COCc1ccccc1-c1ccccc1S(=O)(=O)N(COC)c1noc(C)c1C. The van der Waals surface area contributed by atoms with Crippen molar-refractivity contribution in [3.63, 3.8) is 0 Å². The first-order valence-corrected chi connectivity index (χ1v) is 10.5. The van der Waals surface area contributed by atoms with E-state index in [0.29, 0.717) is 23.5 Å². The zero-order valence-electron chi connectivity index (χ0n) is 16.9. The molecular weight excluding hydrogens is 392 g/mol. The molecule has 0 N–H and O–H groups in total. The predicted octanol–water partition coefficient (Wildman–Crippen LogP) is 3.90. The van der Waals surface area contributed by atoms with E-state index in [4.69, 9.17) is 14.0 Å². The Bertz CT molecular complexity index is 1090. The summed E-state index contributed by atoms with van der Waals surface area (Å²) in [6, 6.07) is 14.4. The highest BCUT2D eigenvalue weighted by Crippen LogP contribution is 2.34. The van der Waals surface area contributed by atoms with E-state index < -0.39 is 10.0 Å². The molecule has 3 aromatic rings.